The summed E-state index contributed by atoms with van der Waals surface area (Å²) in [4.78, 5) is 40.2. The predicted molar refractivity (Wildman–Crippen MR) is 128 cm³/mol. The highest BCUT2D eigenvalue weighted by Gasteiger charge is 2.49. The third kappa shape index (κ3) is 4.63. The van der Waals surface area contributed by atoms with Crippen molar-refractivity contribution in [2.24, 2.45) is 5.92 Å². The van der Waals surface area contributed by atoms with Gasteiger partial charge in [-0.2, -0.15) is 0 Å². The highest BCUT2D eigenvalue weighted by atomic mass is 19.1. The summed E-state index contributed by atoms with van der Waals surface area (Å²) in [5, 5.41) is 3.25. The first-order valence-corrected chi connectivity index (χ1v) is 11.8. The van der Waals surface area contributed by atoms with E-state index in [4.69, 9.17) is 9.47 Å². The molecule has 7 heteroatoms. The second kappa shape index (κ2) is 10.3. The smallest absolute Gasteiger partial charge is 0.336 e. The molecule has 2 aromatic carbocycles. The molecule has 3 atom stereocenters. The molecule has 1 heterocycles. The first-order chi connectivity index (χ1) is 16.9. The van der Waals surface area contributed by atoms with E-state index in [1.54, 1.807) is 32.9 Å². The summed E-state index contributed by atoms with van der Waals surface area (Å²) in [5.41, 5.74) is 3.21. The first kappa shape index (κ1) is 24.4. The van der Waals surface area contributed by atoms with Crippen LogP contribution in [-0.4, -0.2) is 30.9 Å². The number of rotatable bonds is 6. The Balaban J connectivity index is 1.89. The zero-order chi connectivity index (χ0) is 25.1. The van der Waals surface area contributed by atoms with Crippen molar-refractivity contribution in [2.45, 2.75) is 39.0 Å². The summed E-state index contributed by atoms with van der Waals surface area (Å²) in [6.45, 7) is 5.46. The van der Waals surface area contributed by atoms with Crippen LogP contribution in [0, 0.1) is 11.7 Å². The van der Waals surface area contributed by atoms with Crippen molar-refractivity contribution >= 4 is 17.7 Å². The summed E-state index contributed by atoms with van der Waals surface area (Å²) in [6, 6.07) is 15.1. The minimum absolute atomic E-state index is 0.142. The van der Waals surface area contributed by atoms with Gasteiger partial charge in [0, 0.05) is 28.8 Å². The number of carbonyl (C=O) groups is 3. The number of carbonyl (C=O) groups excluding carboxylic acids is 3. The maximum Gasteiger partial charge on any atom is 0.336 e. The molecule has 0 saturated heterocycles. The number of benzene rings is 2. The molecule has 1 aliphatic heterocycles. The Hall–Kier alpha value is -3.74. The summed E-state index contributed by atoms with van der Waals surface area (Å²) >= 11 is 0. The van der Waals surface area contributed by atoms with Crippen LogP contribution < -0.4 is 5.32 Å². The number of allylic oxidation sites excluding steroid dienone is 3. The van der Waals surface area contributed by atoms with Gasteiger partial charge in [0.25, 0.3) is 0 Å². The van der Waals surface area contributed by atoms with Crippen LogP contribution in [-0.2, 0) is 23.9 Å². The number of hydrogen-bond acceptors (Lipinski definition) is 6. The molecule has 0 unspecified atom stereocenters. The zero-order valence-corrected chi connectivity index (χ0v) is 20.0. The molecule has 0 saturated carbocycles. The quantitative estimate of drug-likeness (QED) is 0.486. The Morgan fingerprint density at radius 2 is 1.63 bits per heavy atom. The second-order valence-corrected chi connectivity index (χ2v) is 8.58. The van der Waals surface area contributed by atoms with E-state index >= 15 is 0 Å². The van der Waals surface area contributed by atoms with Crippen molar-refractivity contribution < 1.29 is 28.2 Å². The number of esters is 2. The molecule has 6 nitrogen and oxygen atoms in total. The molecule has 2 aromatic rings. The van der Waals surface area contributed by atoms with Gasteiger partial charge in [0.05, 0.1) is 18.8 Å². The maximum absolute atomic E-state index is 14.1. The van der Waals surface area contributed by atoms with Gasteiger partial charge < -0.3 is 14.8 Å². The van der Waals surface area contributed by atoms with Gasteiger partial charge in [-0.1, -0.05) is 42.5 Å². The lowest BCUT2D eigenvalue weighted by atomic mass is 9.67. The second-order valence-electron chi connectivity index (χ2n) is 8.58. The van der Waals surface area contributed by atoms with Crippen molar-refractivity contribution in [2.75, 3.05) is 13.2 Å². The van der Waals surface area contributed by atoms with Crippen LogP contribution >= 0.6 is 0 Å². The average molecular weight is 478 g/mol. The fraction of sp³-hybridized carbons (Fsp3) is 0.321. The monoisotopic (exact) mass is 477 g/mol. The van der Waals surface area contributed by atoms with Crippen LogP contribution in [0.15, 0.2) is 77.1 Å². The van der Waals surface area contributed by atoms with E-state index in [0.717, 1.165) is 5.56 Å². The standard InChI is InChI=1S/C28H28FNO5/c1-4-34-27(32)22-16(3)30-21-15-20(17-9-7-6-8-10-17)24(28(33)35-5-2)26(31)25(21)23(22)18-11-13-19(29)14-12-18/h6-14,20,23-24,30H,4-5,15H2,1-3H3/t20-,23-,24+/m0/s1. The molecule has 2 aliphatic rings. The van der Waals surface area contributed by atoms with E-state index < -0.39 is 41.3 Å². The van der Waals surface area contributed by atoms with Gasteiger partial charge in [0.1, 0.15) is 11.7 Å². The van der Waals surface area contributed by atoms with Crippen LogP contribution in [0.1, 0.15) is 50.2 Å². The van der Waals surface area contributed by atoms with Crippen molar-refractivity contribution in [3.8, 4) is 0 Å². The van der Waals surface area contributed by atoms with E-state index in [9.17, 15) is 18.8 Å². The Morgan fingerprint density at radius 3 is 2.26 bits per heavy atom. The van der Waals surface area contributed by atoms with Crippen LogP contribution in [0.4, 0.5) is 4.39 Å². The number of halogens is 1. The molecule has 0 radical (unpaired) electrons. The Kier molecular flexibility index (Phi) is 7.15. The van der Waals surface area contributed by atoms with E-state index in [-0.39, 0.29) is 18.8 Å². The highest BCUT2D eigenvalue weighted by molar-refractivity contribution is 6.13. The van der Waals surface area contributed by atoms with E-state index in [0.29, 0.717) is 29.0 Å². The lowest BCUT2D eigenvalue weighted by Crippen LogP contribution is -2.43. The third-order valence-electron chi connectivity index (χ3n) is 6.49. The van der Waals surface area contributed by atoms with Crippen LogP contribution in [0.25, 0.3) is 0 Å². The number of ether oxygens (including phenoxy) is 2. The SMILES string of the molecule is CCOC(=O)C1=C(C)NC2=C(C(=O)[C@H](C(=O)OCC)[C@H](c3ccccc3)C2)[C@H]1c1ccc(F)cc1. The maximum atomic E-state index is 14.1. The largest absolute Gasteiger partial charge is 0.465 e. The molecule has 182 valence electrons. The molecule has 0 fully saturated rings. The van der Waals surface area contributed by atoms with Gasteiger partial charge >= 0.3 is 11.9 Å². The summed E-state index contributed by atoms with van der Waals surface area (Å²) < 4.78 is 24.4. The summed E-state index contributed by atoms with van der Waals surface area (Å²) in [5.74, 6) is -4.30. The van der Waals surface area contributed by atoms with Gasteiger partial charge in [-0.15, -0.1) is 0 Å². The van der Waals surface area contributed by atoms with Crippen molar-refractivity contribution in [3.05, 3.63) is 94.1 Å². The van der Waals surface area contributed by atoms with Gasteiger partial charge in [-0.05, 0) is 50.5 Å². The van der Waals surface area contributed by atoms with E-state index in [1.165, 1.54) is 12.1 Å². The number of Topliss-reactive ketones (excluding diaryl/α,β-unsaturated/α-hetero) is 1. The lowest BCUT2D eigenvalue weighted by molar-refractivity contribution is -0.152. The van der Waals surface area contributed by atoms with Gasteiger partial charge in [0.15, 0.2) is 5.78 Å². The van der Waals surface area contributed by atoms with Gasteiger partial charge in [0.2, 0.25) is 0 Å². The zero-order valence-electron chi connectivity index (χ0n) is 20.0. The molecule has 0 spiro atoms. The minimum Gasteiger partial charge on any atom is -0.465 e. The Morgan fingerprint density at radius 1 is 0.971 bits per heavy atom. The fourth-order valence-electron chi connectivity index (χ4n) is 5.02. The Bertz CT molecular complexity index is 1200. The molecule has 1 aliphatic carbocycles. The van der Waals surface area contributed by atoms with Crippen molar-refractivity contribution in [3.63, 3.8) is 0 Å². The third-order valence-corrected chi connectivity index (χ3v) is 6.49. The molecular formula is C28H28FNO5. The number of nitrogens with one attached hydrogen (secondary N) is 1. The average Bonchev–Trinajstić information content (AvgIpc) is 2.84. The minimum atomic E-state index is -1.07. The molecule has 4 rings (SSSR count). The Labute approximate surface area is 203 Å². The number of ketones is 1. The molecule has 0 aromatic heterocycles. The first-order valence-electron chi connectivity index (χ1n) is 11.8. The van der Waals surface area contributed by atoms with Gasteiger partial charge in [-0.3, -0.25) is 9.59 Å². The van der Waals surface area contributed by atoms with Crippen LogP contribution in [0.2, 0.25) is 0 Å². The normalized spacial score (nSPS) is 21.8. The van der Waals surface area contributed by atoms with Crippen molar-refractivity contribution in [1.82, 2.24) is 5.32 Å². The molecule has 1 N–H and O–H groups in total. The van der Waals surface area contributed by atoms with E-state index in [1.807, 2.05) is 30.3 Å². The lowest BCUT2D eigenvalue weighted by Gasteiger charge is -2.39. The van der Waals surface area contributed by atoms with Gasteiger partial charge in [-0.25, -0.2) is 9.18 Å². The molecule has 0 bridgehead atoms. The highest BCUT2D eigenvalue weighted by Crippen LogP contribution is 2.48. The van der Waals surface area contributed by atoms with E-state index in [2.05, 4.69) is 5.32 Å². The molecular weight excluding hydrogens is 449 g/mol. The number of hydrogen-bond donors (Lipinski definition) is 1. The van der Waals surface area contributed by atoms with Crippen molar-refractivity contribution in [1.29, 1.82) is 0 Å². The summed E-state index contributed by atoms with van der Waals surface area (Å²) in [7, 11) is 0. The van der Waals surface area contributed by atoms with Crippen LogP contribution in [0.5, 0.6) is 0 Å². The topological polar surface area (TPSA) is 81.7 Å². The molecule has 0 amide bonds. The predicted octanol–water partition coefficient (Wildman–Crippen LogP) is 4.54. The summed E-state index contributed by atoms with van der Waals surface area (Å²) in [6.07, 6.45) is 0.375. The van der Waals surface area contributed by atoms with Crippen LogP contribution in [0.3, 0.4) is 0 Å². The fourth-order valence-corrected chi connectivity index (χ4v) is 5.02. The number of dihydropyridines is 1. The molecule has 35 heavy (non-hydrogen) atoms.